The second-order valence-electron chi connectivity index (χ2n) is 3.99. The molecule has 1 aromatic rings. The molecule has 0 atom stereocenters. The number of benzene rings is 1. The average Bonchev–Trinajstić information content (AvgIpc) is 2.22. The smallest absolute Gasteiger partial charge is 0.0453 e. The SMILES string of the molecule is CC(C)NCCCSc1cc(Cl)ccc1N. The first-order valence-electron chi connectivity index (χ1n) is 5.51. The van der Waals surface area contributed by atoms with Crippen molar-refractivity contribution in [1.29, 1.82) is 0 Å². The minimum absolute atomic E-state index is 0.557. The van der Waals surface area contributed by atoms with Gasteiger partial charge in [-0.25, -0.2) is 0 Å². The Balaban J connectivity index is 2.29. The quantitative estimate of drug-likeness (QED) is 0.467. The molecule has 4 heteroatoms. The molecule has 0 aromatic heterocycles. The molecule has 0 spiro atoms. The molecule has 90 valence electrons. The van der Waals surface area contributed by atoms with Gasteiger partial charge in [-0.05, 0) is 36.9 Å². The van der Waals surface area contributed by atoms with Crippen molar-refractivity contribution in [3.63, 3.8) is 0 Å². The number of nitrogens with two attached hydrogens (primary N) is 1. The number of nitrogens with one attached hydrogen (secondary N) is 1. The maximum absolute atomic E-state index is 5.92. The fourth-order valence-corrected chi connectivity index (χ4v) is 2.47. The van der Waals surface area contributed by atoms with E-state index in [9.17, 15) is 0 Å². The topological polar surface area (TPSA) is 38.0 Å². The second-order valence-corrected chi connectivity index (χ2v) is 5.57. The Hall–Kier alpha value is -0.380. The molecule has 0 amide bonds. The van der Waals surface area contributed by atoms with Gasteiger partial charge in [-0.2, -0.15) is 0 Å². The Morgan fingerprint density at radius 1 is 1.44 bits per heavy atom. The number of anilines is 1. The summed E-state index contributed by atoms with van der Waals surface area (Å²) in [5.74, 6) is 1.06. The van der Waals surface area contributed by atoms with Crippen LogP contribution in [-0.4, -0.2) is 18.3 Å². The van der Waals surface area contributed by atoms with Gasteiger partial charge in [-0.3, -0.25) is 0 Å². The molecule has 16 heavy (non-hydrogen) atoms. The number of thioether (sulfide) groups is 1. The molecule has 0 saturated heterocycles. The summed E-state index contributed by atoms with van der Waals surface area (Å²) in [6.45, 7) is 5.36. The molecular weight excluding hydrogens is 240 g/mol. The van der Waals surface area contributed by atoms with Crippen LogP contribution < -0.4 is 11.1 Å². The van der Waals surface area contributed by atoms with E-state index in [1.54, 1.807) is 11.8 Å². The lowest BCUT2D eigenvalue weighted by atomic mass is 10.3. The number of hydrogen-bond acceptors (Lipinski definition) is 3. The maximum Gasteiger partial charge on any atom is 0.0453 e. The minimum atomic E-state index is 0.557. The Morgan fingerprint density at radius 3 is 2.88 bits per heavy atom. The Bertz CT molecular complexity index is 329. The van der Waals surface area contributed by atoms with E-state index >= 15 is 0 Å². The molecular formula is C12H19ClN2S. The van der Waals surface area contributed by atoms with E-state index in [2.05, 4.69) is 19.2 Å². The monoisotopic (exact) mass is 258 g/mol. The van der Waals surface area contributed by atoms with E-state index in [-0.39, 0.29) is 0 Å². The van der Waals surface area contributed by atoms with Crippen molar-refractivity contribution >= 4 is 29.1 Å². The van der Waals surface area contributed by atoms with E-state index in [0.29, 0.717) is 6.04 Å². The van der Waals surface area contributed by atoms with Crippen molar-refractivity contribution in [2.75, 3.05) is 18.0 Å². The van der Waals surface area contributed by atoms with Gasteiger partial charge in [0.2, 0.25) is 0 Å². The summed E-state index contributed by atoms with van der Waals surface area (Å²) in [4.78, 5) is 1.08. The van der Waals surface area contributed by atoms with E-state index in [4.69, 9.17) is 17.3 Å². The van der Waals surface area contributed by atoms with Crippen molar-refractivity contribution in [3.05, 3.63) is 23.2 Å². The Kier molecular flexibility index (Phi) is 6.03. The van der Waals surface area contributed by atoms with Crippen LogP contribution in [0.15, 0.2) is 23.1 Å². The van der Waals surface area contributed by atoms with Crippen molar-refractivity contribution in [1.82, 2.24) is 5.32 Å². The second kappa shape index (κ2) is 7.05. The van der Waals surface area contributed by atoms with Crippen LogP contribution in [0.2, 0.25) is 5.02 Å². The number of halogens is 1. The predicted octanol–water partition coefficient (Wildman–Crippen LogP) is 3.40. The molecule has 0 unspecified atom stereocenters. The highest BCUT2D eigenvalue weighted by atomic mass is 35.5. The highest BCUT2D eigenvalue weighted by Crippen LogP contribution is 2.28. The molecule has 0 aliphatic rings. The van der Waals surface area contributed by atoms with Crippen LogP contribution in [-0.2, 0) is 0 Å². The van der Waals surface area contributed by atoms with Gasteiger partial charge in [0.1, 0.15) is 0 Å². The maximum atomic E-state index is 5.92. The van der Waals surface area contributed by atoms with Crippen LogP contribution in [0.4, 0.5) is 5.69 Å². The highest BCUT2D eigenvalue weighted by Gasteiger charge is 2.01. The van der Waals surface area contributed by atoms with Crippen molar-refractivity contribution in [3.8, 4) is 0 Å². The lowest BCUT2D eigenvalue weighted by molar-refractivity contribution is 0.586. The lowest BCUT2D eigenvalue weighted by Gasteiger charge is -2.08. The molecule has 0 saturated carbocycles. The van der Waals surface area contributed by atoms with E-state index in [1.165, 1.54) is 0 Å². The molecule has 1 rings (SSSR count). The van der Waals surface area contributed by atoms with Gasteiger partial charge < -0.3 is 11.1 Å². The van der Waals surface area contributed by atoms with Gasteiger partial charge in [0.05, 0.1) is 0 Å². The third-order valence-corrected chi connectivity index (χ3v) is 3.50. The standard InChI is InChI=1S/C12H19ClN2S/c1-9(2)15-6-3-7-16-12-8-10(13)4-5-11(12)14/h4-5,8-9,15H,3,6-7,14H2,1-2H3. The summed E-state index contributed by atoms with van der Waals surface area (Å²) in [5, 5.41) is 4.13. The first-order valence-corrected chi connectivity index (χ1v) is 6.87. The van der Waals surface area contributed by atoms with Crippen molar-refractivity contribution in [2.24, 2.45) is 0 Å². The van der Waals surface area contributed by atoms with Gasteiger partial charge in [-0.15, -0.1) is 11.8 Å². The van der Waals surface area contributed by atoms with Crippen molar-refractivity contribution in [2.45, 2.75) is 31.2 Å². The van der Waals surface area contributed by atoms with Gasteiger partial charge in [0, 0.05) is 21.6 Å². The summed E-state index contributed by atoms with van der Waals surface area (Å²) < 4.78 is 0. The summed E-state index contributed by atoms with van der Waals surface area (Å²) in [6, 6.07) is 6.16. The third kappa shape index (κ3) is 5.10. The van der Waals surface area contributed by atoms with E-state index < -0.39 is 0 Å². The summed E-state index contributed by atoms with van der Waals surface area (Å²) in [5.41, 5.74) is 6.67. The third-order valence-electron chi connectivity index (χ3n) is 2.11. The van der Waals surface area contributed by atoms with Crippen LogP contribution in [0.25, 0.3) is 0 Å². The van der Waals surface area contributed by atoms with E-state index in [0.717, 1.165) is 34.3 Å². The largest absolute Gasteiger partial charge is 0.398 e. The summed E-state index contributed by atoms with van der Waals surface area (Å²) >= 11 is 7.68. The molecule has 0 bridgehead atoms. The minimum Gasteiger partial charge on any atom is -0.398 e. The van der Waals surface area contributed by atoms with Gasteiger partial charge >= 0.3 is 0 Å². The van der Waals surface area contributed by atoms with Crippen LogP contribution >= 0.6 is 23.4 Å². The fourth-order valence-electron chi connectivity index (χ4n) is 1.28. The Labute approximate surface area is 107 Å². The first-order chi connectivity index (χ1) is 7.59. The van der Waals surface area contributed by atoms with Crippen LogP contribution in [0.1, 0.15) is 20.3 Å². The number of nitrogen functional groups attached to an aromatic ring is 1. The number of hydrogen-bond donors (Lipinski definition) is 2. The molecule has 0 radical (unpaired) electrons. The van der Waals surface area contributed by atoms with Gasteiger partial charge in [0.25, 0.3) is 0 Å². The molecule has 2 nitrogen and oxygen atoms in total. The zero-order valence-electron chi connectivity index (χ0n) is 9.79. The van der Waals surface area contributed by atoms with Crippen LogP contribution in [0, 0.1) is 0 Å². The fraction of sp³-hybridized carbons (Fsp3) is 0.500. The molecule has 3 N–H and O–H groups in total. The van der Waals surface area contributed by atoms with Gasteiger partial charge in [-0.1, -0.05) is 25.4 Å². The molecule has 0 heterocycles. The highest BCUT2D eigenvalue weighted by molar-refractivity contribution is 7.99. The number of rotatable bonds is 6. The van der Waals surface area contributed by atoms with E-state index in [1.807, 2.05) is 18.2 Å². The lowest BCUT2D eigenvalue weighted by Crippen LogP contribution is -2.23. The van der Waals surface area contributed by atoms with Crippen LogP contribution in [0.3, 0.4) is 0 Å². The molecule has 1 aromatic carbocycles. The Morgan fingerprint density at radius 2 is 2.19 bits per heavy atom. The predicted molar refractivity (Wildman–Crippen MR) is 74.3 cm³/mol. The summed E-state index contributed by atoms with van der Waals surface area (Å²) in [7, 11) is 0. The van der Waals surface area contributed by atoms with Crippen molar-refractivity contribution < 1.29 is 0 Å². The van der Waals surface area contributed by atoms with Crippen LogP contribution in [0.5, 0.6) is 0 Å². The zero-order chi connectivity index (χ0) is 12.0. The first kappa shape index (κ1) is 13.7. The zero-order valence-corrected chi connectivity index (χ0v) is 11.4. The average molecular weight is 259 g/mol. The molecule has 0 aliphatic carbocycles. The normalized spacial score (nSPS) is 11.0. The van der Waals surface area contributed by atoms with Gasteiger partial charge in [0.15, 0.2) is 0 Å². The molecule has 0 aliphatic heterocycles. The summed E-state index contributed by atoms with van der Waals surface area (Å²) in [6.07, 6.45) is 1.13. The molecule has 0 fully saturated rings.